The number of alkyl halides is 2. The first-order valence-corrected chi connectivity index (χ1v) is 13.9. The lowest BCUT2D eigenvalue weighted by Gasteiger charge is -2.46. The Morgan fingerprint density at radius 2 is 1.95 bits per heavy atom. The molecule has 0 saturated carbocycles. The predicted molar refractivity (Wildman–Crippen MR) is 146 cm³/mol. The van der Waals surface area contributed by atoms with Crippen molar-refractivity contribution in [3.05, 3.63) is 76.6 Å². The van der Waals surface area contributed by atoms with Gasteiger partial charge in [-0.25, -0.2) is 8.78 Å². The second kappa shape index (κ2) is 9.30. The van der Waals surface area contributed by atoms with Crippen molar-refractivity contribution in [2.45, 2.75) is 62.5 Å². The van der Waals surface area contributed by atoms with Gasteiger partial charge < -0.3 is 4.90 Å². The van der Waals surface area contributed by atoms with Gasteiger partial charge in [0.2, 0.25) is 11.8 Å². The predicted octanol–water partition coefficient (Wildman–Crippen LogP) is 3.57. The molecule has 8 nitrogen and oxygen atoms in total. The molecule has 4 heterocycles. The molecule has 3 amide bonds. The zero-order valence-corrected chi connectivity index (χ0v) is 22.6. The van der Waals surface area contributed by atoms with Crippen LogP contribution in [0.2, 0.25) is 0 Å². The van der Waals surface area contributed by atoms with Crippen LogP contribution in [0.3, 0.4) is 0 Å². The lowest BCUT2D eigenvalue weighted by molar-refractivity contribution is -0.137. The molecule has 3 aromatic rings. The molecule has 7 rings (SSSR count). The molecule has 1 aromatic heterocycles. The van der Waals surface area contributed by atoms with Gasteiger partial charge in [-0.2, -0.15) is 5.10 Å². The highest BCUT2D eigenvalue weighted by Gasteiger charge is 2.60. The van der Waals surface area contributed by atoms with E-state index in [0.717, 1.165) is 16.7 Å². The molecule has 212 valence electrons. The van der Waals surface area contributed by atoms with E-state index in [0.29, 0.717) is 28.7 Å². The summed E-state index contributed by atoms with van der Waals surface area (Å²) in [6.45, 7) is -2.59. The summed E-state index contributed by atoms with van der Waals surface area (Å²) in [6.07, 6.45) is 4.52. The number of rotatable bonds is 4. The second-order valence-electron chi connectivity index (χ2n) is 11.6. The van der Waals surface area contributed by atoms with Crippen molar-refractivity contribution in [2.75, 3.05) is 13.1 Å². The van der Waals surface area contributed by atoms with Gasteiger partial charge in [-0.1, -0.05) is 24.3 Å². The lowest BCUT2D eigenvalue weighted by Crippen LogP contribution is -2.57. The molecule has 3 aliphatic heterocycles. The Bertz CT molecular complexity index is 1690. The molecule has 2 saturated heterocycles. The van der Waals surface area contributed by atoms with E-state index in [-0.39, 0.29) is 50.6 Å². The maximum atomic E-state index is 16.4. The fourth-order valence-electron chi connectivity index (χ4n) is 7.14. The molecule has 4 aliphatic rings. The van der Waals surface area contributed by atoms with E-state index in [1.54, 1.807) is 48.3 Å². The van der Waals surface area contributed by atoms with Crippen molar-refractivity contribution >= 4 is 17.7 Å². The largest absolute Gasteiger partial charge is 0.322 e. The molecule has 1 unspecified atom stereocenters. The first-order valence-electron chi connectivity index (χ1n) is 14.9. The number of hydrogen-bond donors (Lipinski definition) is 1. The summed E-state index contributed by atoms with van der Waals surface area (Å²) in [5.41, 5.74) is 2.77. The third-order valence-electron chi connectivity index (χ3n) is 9.24. The number of halogens is 2. The monoisotopic (exact) mass is 561 g/mol. The molecule has 2 aromatic carbocycles. The number of likely N-dealkylation sites (tertiary alicyclic amines) is 1. The highest BCUT2D eigenvalue weighted by Crippen LogP contribution is 2.55. The summed E-state index contributed by atoms with van der Waals surface area (Å²) in [6, 6.07) is 9.36. The molecule has 0 bridgehead atoms. The highest BCUT2D eigenvalue weighted by atomic mass is 19.3. The Balaban J connectivity index is 1.15. The molecule has 41 heavy (non-hydrogen) atoms. The molecule has 1 aliphatic carbocycles. The molecule has 10 heteroatoms. The van der Waals surface area contributed by atoms with E-state index in [4.69, 9.17) is 2.74 Å². The van der Waals surface area contributed by atoms with E-state index < -0.39 is 36.3 Å². The zero-order valence-electron chi connectivity index (χ0n) is 24.6. The quantitative estimate of drug-likeness (QED) is 0.493. The van der Waals surface area contributed by atoms with Gasteiger partial charge >= 0.3 is 0 Å². The van der Waals surface area contributed by atoms with Crippen LogP contribution in [0.25, 0.3) is 11.1 Å². The Morgan fingerprint density at radius 1 is 1.10 bits per heavy atom. The number of carbonyl (C=O) groups excluding carboxylic acids is 3. The van der Waals surface area contributed by atoms with Gasteiger partial charge in [-0.3, -0.25) is 29.3 Å². The average Bonchev–Trinajstić information content (AvgIpc) is 3.66. The van der Waals surface area contributed by atoms with Crippen molar-refractivity contribution in [3.63, 3.8) is 0 Å². The Morgan fingerprint density at radius 3 is 2.71 bits per heavy atom. The van der Waals surface area contributed by atoms with Crippen LogP contribution in [-0.4, -0.2) is 62.4 Å². The minimum Gasteiger partial charge on any atom is -0.322 e. The molecule has 2 fully saturated rings. The number of hydrogen-bond acceptors (Lipinski definition) is 5. The molecule has 2 atom stereocenters. The van der Waals surface area contributed by atoms with Crippen LogP contribution in [0.5, 0.6) is 0 Å². The SMILES string of the molecule is [2H]C([2H])(c1cccc(-c2cnn(C)c2)c1)N1CCC2(CCc3c2ccc2c3CN([C@H]3CCC(=O)NC3=O)C2=O)C(F)(F)C1. The minimum atomic E-state index is -3.23. The number of aryl methyl sites for hydroxylation is 1. The number of carbonyl (C=O) groups is 3. The van der Waals surface area contributed by atoms with E-state index in [9.17, 15) is 14.4 Å². The third kappa shape index (κ3) is 4.10. The van der Waals surface area contributed by atoms with Gasteiger partial charge in [0.1, 0.15) is 6.04 Å². The highest BCUT2D eigenvalue weighted by molar-refractivity contribution is 6.05. The maximum Gasteiger partial charge on any atom is 0.270 e. The van der Waals surface area contributed by atoms with Gasteiger partial charge in [-0.15, -0.1) is 0 Å². The second-order valence-corrected chi connectivity index (χ2v) is 11.6. The molecule has 1 N–H and O–H groups in total. The van der Waals surface area contributed by atoms with E-state index >= 15 is 8.78 Å². The third-order valence-corrected chi connectivity index (χ3v) is 9.24. The molecular weight excluding hydrogens is 528 g/mol. The number of fused-ring (bicyclic) bond motifs is 4. The number of amides is 3. The summed E-state index contributed by atoms with van der Waals surface area (Å²) in [7, 11) is 1.79. The van der Waals surface area contributed by atoms with Crippen molar-refractivity contribution in [1.29, 1.82) is 0 Å². The van der Waals surface area contributed by atoms with Gasteiger partial charge in [0, 0.05) is 46.6 Å². The number of piperidine rings is 2. The van der Waals surface area contributed by atoms with Gasteiger partial charge in [0.05, 0.1) is 18.2 Å². The number of aromatic nitrogens is 2. The van der Waals surface area contributed by atoms with Crippen molar-refractivity contribution in [2.24, 2.45) is 7.05 Å². The lowest BCUT2D eigenvalue weighted by atomic mass is 9.70. The van der Waals surface area contributed by atoms with Crippen LogP contribution in [0.1, 0.15) is 61.0 Å². The number of nitrogens with zero attached hydrogens (tertiary/aromatic N) is 4. The number of nitrogens with one attached hydrogen (secondary N) is 1. The van der Waals surface area contributed by atoms with Crippen molar-refractivity contribution < 1.29 is 25.9 Å². The maximum absolute atomic E-state index is 16.4. The topological polar surface area (TPSA) is 87.5 Å². The Hall–Kier alpha value is -3.92. The van der Waals surface area contributed by atoms with Crippen LogP contribution >= 0.6 is 0 Å². The molecule has 1 spiro atoms. The van der Waals surface area contributed by atoms with Crippen LogP contribution in [0.4, 0.5) is 8.78 Å². The summed E-state index contributed by atoms with van der Waals surface area (Å²) >= 11 is 0. The molecule has 0 radical (unpaired) electrons. The molecular formula is C31H31F2N5O3. The summed E-state index contributed by atoms with van der Waals surface area (Å²) in [4.78, 5) is 40.1. The number of imide groups is 1. The normalized spacial score (nSPS) is 26.6. The summed E-state index contributed by atoms with van der Waals surface area (Å²) in [5.74, 6) is -4.43. The fraction of sp³-hybridized carbons (Fsp3) is 0.419. The van der Waals surface area contributed by atoms with Crippen LogP contribution in [0.15, 0.2) is 48.8 Å². The number of benzene rings is 2. The van der Waals surface area contributed by atoms with E-state index in [2.05, 4.69) is 10.4 Å². The summed E-state index contributed by atoms with van der Waals surface area (Å²) in [5, 5.41) is 6.47. The van der Waals surface area contributed by atoms with Gasteiger partial charge in [-0.05, 0) is 72.2 Å². The zero-order chi connectivity index (χ0) is 30.3. The van der Waals surface area contributed by atoms with Gasteiger partial charge in [0.15, 0.2) is 0 Å². The van der Waals surface area contributed by atoms with Crippen LogP contribution < -0.4 is 5.32 Å². The van der Waals surface area contributed by atoms with Crippen molar-refractivity contribution in [3.8, 4) is 11.1 Å². The Kier molecular flexibility index (Phi) is 5.39. The van der Waals surface area contributed by atoms with E-state index in [1.807, 2.05) is 12.3 Å². The summed E-state index contributed by atoms with van der Waals surface area (Å²) < 4.78 is 52.3. The minimum absolute atomic E-state index is 0.0679. The first-order chi connectivity index (χ1) is 20.4. The standard InChI is InChI=1S/C31H31F2N5O3/c1-36-16-21(14-34-36)20-4-2-3-19(13-20)15-37-12-11-30(31(32,33)18-37)10-9-22-24-17-38(26-7-8-27(39)35-28(26)40)29(41)23(24)5-6-25(22)30/h2-6,13-14,16,26H,7-12,15,17-18H2,1H3,(H,35,39,40)/t26-,30?/m0/s1/i15D2. The average molecular weight is 562 g/mol. The van der Waals surface area contributed by atoms with Crippen LogP contribution in [0, 0.1) is 0 Å². The van der Waals surface area contributed by atoms with Crippen LogP contribution in [-0.2, 0) is 41.5 Å². The fourth-order valence-corrected chi connectivity index (χ4v) is 7.14. The Labute approximate surface area is 239 Å². The van der Waals surface area contributed by atoms with Crippen molar-refractivity contribution in [1.82, 2.24) is 24.9 Å². The smallest absolute Gasteiger partial charge is 0.270 e. The van der Waals surface area contributed by atoms with Gasteiger partial charge in [0.25, 0.3) is 11.8 Å². The first kappa shape index (κ1) is 23.8. The van der Waals surface area contributed by atoms with E-state index in [1.165, 1.54) is 9.80 Å².